The molecule has 2 aromatic rings. The standard InChI is InChI=1S/C19H25N3O2/c23-19(9-5-13-24-15-16-6-2-1-3-7-16)22-12-4-8-17(14-22)18-10-11-20-21-18/h1-3,6-7,10-11,17H,4-5,8-9,12-15H2,(H,20,21)/t17-/m0/s1. The minimum Gasteiger partial charge on any atom is -0.377 e. The zero-order valence-corrected chi connectivity index (χ0v) is 14.0. The van der Waals surface area contributed by atoms with Gasteiger partial charge in [0, 0.05) is 43.9 Å². The van der Waals surface area contributed by atoms with E-state index < -0.39 is 0 Å². The molecule has 2 heterocycles. The molecule has 0 saturated carbocycles. The van der Waals surface area contributed by atoms with Crippen LogP contribution in [0.25, 0.3) is 0 Å². The van der Waals surface area contributed by atoms with E-state index in [0.29, 0.717) is 25.6 Å². The van der Waals surface area contributed by atoms with Crippen molar-refractivity contribution in [2.45, 2.75) is 38.2 Å². The average Bonchev–Trinajstić information content (AvgIpc) is 3.17. The summed E-state index contributed by atoms with van der Waals surface area (Å²) in [5.74, 6) is 0.627. The van der Waals surface area contributed by atoms with Gasteiger partial charge in [-0.3, -0.25) is 9.89 Å². The fraction of sp³-hybridized carbons (Fsp3) is 0.474. The average molecular weight is 327 g/mol. The largest absolute Gasteiger partial charge is 0.377 e. The van der Waals surface area contributed by atoms with Crippen molar-refractivity contribution < 1.29 is 9.53 Å². The third-order valence-corrected chi connectivity index (χ3v) is 4.53. The molecular formula is C19H25N3O2. The number of carbonyl (C=O) groups is 1. The molecule has 24 heavy (non-hydrogen) atoms. The lowest BCUT2D eigenvalue weighted by molar-refractivity contribution is -0.132. The number of nitrogens with one attached hydrogen (secondary N) is 1. The zero-order chi connectivity index (χ0) is 16.6. The number of aromatic nitrogens is 2. The van der Waals surface area contributed by atoms with E-state index in [2.05, 4.69) is 22.3 Å². The molecule has 5 nitrogen and oxygen atoms in total. The molecule has 1 amide bonds. The van der Waals surface area contributed by atoms with Crippen LogP contribution in [0.15, 0.2) is 42.6 Å². The van der Waals surface area contributed by atoms with Crippen LogP contribution < -0.4 is 0 Å². The summed E-state index contributed by atoms with van der Waals surface area (Å²) in [5, 5.41) is 7.05. The molecule has 5 heteroatoms. The van der Waals surface area contributed by atoms with E-state index in [4.69, 9.17) is 4.74 Å². The molecule has 1 fully saturated rings. The topological polar surface area (TPSA) is 58.2 Å². The third kappa shape index (κ3) is 4.68. The second kappa shape index (κ2) is 8.64. The Morgan fingerprint density at radius 2 is 2.17 bits per heavy atom. The van der Waals surface area contributed by atoms with Gasteiger partial charge >= 0.3 is 0 Å². The minimum atomic E-state index is 0.238. The van der Waals surface area contributed by atoms with Crippen molar-refractivity contribution in [2.24, 2.45) is 0 Å². The van der Waals surface area contributed by atoms with Gasteiger partial charge in [-0.1, -0.05) is 30.3 Å². The van der Waals surface area contributed by atoms with Gasteiger partial charge in [0.15, 0.2) is 0 Å². The van der Waals surface area contributed by atoms with Crippen molar-refractivity contribution in [3.8, 4) is 0 Å². The number of nitrogens with zero attached hydrogens (tertiary/aromatic N) is 2. The highest BCUT2D eigenvalue weighted by Crippen LogP contribution is 2.25. The van der Waals surface area contributed by atoms with Crippen molar-refractivity contribution in [1.82, 2.24) is 15.1 Å². The number of hydrogen-bond donors (Lipinski definition) is 1. The predicted molar refractivity (Wildman–Crippen MR) is 92.5 cm³/mol. The maximum absolute atomic E-state index is 12.4. The highest BCUT2D eigenvalue weighted by atomic mass is 16.5. The summed E-state index contributed by atoms with van der Waals surface area (Å²) in [4.78, 5) is 14.4. The molecular weight excluding hydrogens is 302 g/mol. The molecule has 1 aromatic heterocycles. The molecule has 1 aliphatic rings. The maximum Gasteiger partial charge on any atom is 0.222 e. The van der Waals surface area contributed by atoms with E-state index in [-0.39, 0.29) is 5.91 Å². The van der Waals surface area contributed by atoms with Crippen LogP contribution in [0.1, 0.15) is 42.9 Å². The second-order valence-corrected chi connectivity index (χ2v) is 6.33. The van der Waals surface area contributed by atoms with Crippen LogP contribution in [0.3, 0.4) is 0 Å². The minimum absolute atomic E-state index is 0.238. The zero-order valence-electron chi connectivity index (χ0n) is 14.0. The highest BCUT2D eigenvalue weighted by Gasteiger charge is 2.25. The lowest BCUT2D eigenvalue weighted by atomic mass is 9.94. The van der Waals surface area contributed by atoms with Gasteiger partial charge in [-0.25, -0.2) is 0 Å². The van der Waals surface area contributed by atoms with E-state index in [9.17, 15) is 4.79 Å². The number of piperidine rings is 1. The van der Waals surface area contributed by atoms with Crippen molar-refractivity contribution in [3.63, 3.8) is 0 Å². The number of hydrogen-bond acceptors (Lipinski definition) is 3. The quantitative estimate of drug-likeness (QED) is 0.795. The van der Waals surface area contributed by atoms with Crippen LogP contribution in [0.2, 0.25) is 0 Å². The Hall–Kier alpha value is -2.14. The molecule has 0 unspecified atom stereocenters. The van der Waals surface area contributed by atoms with Crippen LogP contribution in [0, 0.1) is 0 Å². The fourth-order valence-corrected chi connectivity index (χ4v) is 3.20. The Morgan fingerprint density at radius 3 is 2.96 bits per heavy atom. The molecule has 0 radical (unpaired) electrons. The smallest absolute Gasteiger partial charge is 0.222 e. The lowest BCUT2D eigenvalue weighted by Gasteiger charge is -2.32. The van der Waals surface area contributed by atoms with E-state index >= 15 is 0 Å². The molecule has 128 valence electrons. The van der Waals surface area contributed by atoms with Crippen molar-refractivity contribution in [2.75, 3.05) is 19.7 Å². The Morgan fingerprint density at radius 1 is 1.29 bits per heavy atom. The summed E-state index contributed by atoms with van der Waals surface area (Å²) in [5.41, 5.74) is 2.31. The Kier molecular flexibility index (Phi) is 6.01. The first-order chi connectivity index (χ1) is 11.8. The molecule has 0 aliphatic carbocycles. The first-order valence-electron chi connectivity index (χ1n) is 8.71. The molecule has 0 spiro atoms. The molecule has 3 rings (SSSR count). The molecule has 1 aromatic carbocycles. The monoisotopic (exact) mass is 327 g/mol. The number of H-pyrrole nitrogens is 1. The van der Waals surface area contributed by atoms with Crippen LogP contribution in [-0.2, 0) is 16.1 Å². The fourth-order valence-electron chi connectivity index (χ4n) is 3.20. The SMILES string of the molecule is O=C(CCCOCc1ccccc1)N1CCC[C@H](c2ccn[nH]2)C1. The van der Waals surface area contributed by atoms with E-state index in [1.54, 1.807) is 6.20 Å². The molecule has 1 atom stereocenters. The van der Waals surface area contributed by atoms with Crippen molar-refractivity contribution >= 4 is 5.91 Å². The molecule has 1 aliphatic heterocycles. The first-order valence-corrected chi connectivity index (χ1v) is 8.71. The van der Waals surface area contributed by atoms with Crippen molar-refractivity contribution in [3.05, 3.63) is 53.9 Å². The summed E-state index contributed by atoms with van der Waals surface area (Å²) in [6.07, 6.45) is 5.29. The summed E-state index contributed by atoms with van der Waals surface area (Å²) < 4.78 is 5.65. The predicted octanol–water partition coefficient (Wildman–Crippen LogP) is 3.11. The number of ether oxygens (including phenoxy) is 1. The summed E-state index contributed by atoms with van der Waals surface area (Å²) in [6, 6.07) is 12.1. The second-order valence-electron chi connectivity index (χ2n) is 6.33. The Labute approximate surface area is 143 Å². The van der Waals surface area contributed by atoms with E-state index in [1.807, 2.05) is 29.2 Å². The molecule has 1 N–H and O–H groups in total. The van der Waals surface area contributed by atoms with Gasteiger partial charge in [-0.05, 0) is 30.9 Å². The summed E-state index contributed by atoms with van der Waals surface area (Å²) >= 11 is 0. The third-order valence-electron chi connectivity index (χ3n) is 4.53. The van der Waals surface area contributed by atoms with Crippen LogP contribution in [-0.4, -0.2) is 40.7 Å². The van der Waals surface area contributed by atoms with Gasteiger partial charge in [0.05, 0.1) is 6.61 Å². The van der Waals surface area contributed by atoms with Crippen molar-refractivity contribution in [1.29, 1.82) is 0 Å². The number of amides is 1. The summed E-state index contributed by atoms with van der Waals surface area (Å²) in [6.45, 7) is 2.90. The van der Waals surface area contributed by atoms with E-state index in [0.717, 1.165) is 38.0 Å². The van der Waals surface area contributed by atoms with Crippen LogP contribution >= 0.6 is 0 Å². The van der Waals surface area contributed by atoms with Crippen LogP contribution in [0.5, 0.6) is 0 Å². The first kappa shape index (κ1) is 16.7. The number of carbonyl (C=O) groups excluding carboxylic acids is 1. The molecule has 1 saturated heterocycles. The van der Waals surface area contributed by atoms with Gasteiger partial charge in [-0.2, -0.15) is 5.10 Å². The van der Waals surface area contributed by atoms with Gasteiger partial charge in [0.2, 0.25) is 5.91 Å². The normalized spacial score (nSPS) is 17.8. The van der Waals surface area contributed by atoms with Gasteiger partial charge in [-0.15, -0.1) is 0 Å². The molecule has 0 bridgehead atoms. The summed E-state index contributed by atoms with van der Waals surface area (Å²) in [7, 11) is 0. The van der Waals surface area contributed by atoms with Gasteiger partial charge in [0.25, 0.3) is 0 Å². The number of rotatable bonds is 7. The Bertz CT molecular complexity index is 613. The van der Waals surface area contributed by atoms with E-state index in [1.165, 1.54) is 5.56 Å². The number of likely N-dealkylation sites (tertiary alicyclic amines) is 1. The Balaban J connectivity index is 1.36. The van der Waals surface area contributed by atoms with Gasteiger partial charge < -0.3 is 9.64 Å². The number of aromatic amines is 1. The van der Waals surface area contributed by atoms with Crippen LogP contribution in [0.4, 0.5) is 0 Å². The number of benzene rings is 1. The maximum atomic E-state index is 12.4. The highest BCUT2D eigenvalue weighted by molar-refractivity contribution is 5.76. The lowest BCUT2D eigenvalue weighted by Crippen LogP contribution is -2.39. The van der Waals surface area contributed by atoms with Gasteiger partial charge in [0.1, 0.15) is 0 Å².